The van der Waals surface area contributed by atoms with Crippen LogP contribution in [0.5, 0.6) is 5.75 Å². The average Bonchev–Trinajstić information content (AvgIpc) is 2.37. The van der Waals surface area contributed by atoms with E-state index >= 15 is 0 Å². The fraction of sp³-hybridized carbons (Fsp3) is 0.154. The third-order valence-corrected chi connectivity index (χ3v) is 4.19. The van der Waals surface area contributed by atoms with Crippen LogP contribution in [0.25, 0.3) is 11.3 Å². The fourth-order valence-corrected chi connectivity index (χ4v) is 2.81. The van der Waals surface area contributed by atoms with Crippen LogP contribution in [0.15, 0.2) is 39.6 Å². The molecule has 2 aromatic rings. The largest absolute Gasteiger partial charge is 0.497 e. The fourth-order valence-electron chi connectivity index (χ4n) is 1.71. The van der Waals surface area contributed by atoms with Crippen LogP contribution in [0.3, 0.4) is 0 Å². The summed E-state index contributed by atoms with van der Waals surface area (Å²) in [5.41, 5.74) is 1.84. The van der Waals surface area contributed by atoms with Gasteiger partial charge in [0.2, 0.25) is 0 Å². The molecule has 0 radical (unpaired) electrons. The number of ether oxygens (including phenoxy) is 1. The van der Waals surface area contributed by atoms with Gasteiger partial charge < -0.3 is 9.30 Å². The lowest BCUT2D eigenvalue weighted by molar-refractivity contribution is 0.414. The van der Waals surface area contributed by atoms with E-state index in [9.17, 15) is 4.79 Å². The second-order valence-corrected chi connectivity index (χ2v) is 5.79. The van der Waals surface area contributed by atoms with E-state index in [0.717, 1.165) is 21.5 Å². The van der Waals surface area contributed by atoms with Crippen LogP contribution in [0.1, 0.15) is 0 Å². The van der Waals surface area contributed by atoms with Crippen molar-refractivity contribution < 1.29 is 4.74 Å². The highest BCUT2D eigenvalue weighted by molar-refractivity contribution is 14.1. The highest BCUT2D eigenvalue weighted by atomic mass is 127. The first-order valence-corrected chi connectivity index (χ1v) is 7.11. The third kappa shape index (κ3) is 2.47. The van der Waals surface area contributed by atoms with E-state index in [1.54, 1.807) is 18.7 Å². The molecule has 0 aliphatic carbocycles. The quantitative estimate of drug-likeness (QED) is 0.698. The number of pyridine rings is 1. The zero-order valence-corrected chi connectivity index (χ0v) is 13.6. The van der Waals surface area contributed by atoms with Crippen LogP contribution < -0.4 is 10.3 Å². The van der Waals surface area contributed by atoms with E-state index in [4.69, 9.17) is 4.74 Å². The maximum atomic E-state index is 11.9. The first-order chi connectivity index (χ1) is 8.54. The Labute approximate surface area is 127 Å². The molecule has 0 saturated carbocycles. The van der Waals surface area contributed by atoms with Gasteiger partial charge in [-0.2, -0.15) is 0 Å². The minimum absolute atomic E-state index is 0.0100. The summed E-state index contributed by atoms with van der Waals surface area (Å²) in [5.74, 6) is 0.779. The molecule has 0 aliphatic heterocycles. The SMILES string of the molecule is COc1ccc(-c2ccc(I)c(=O)n2C)c(Br)c1. The molecule has 94 valence electrons. The summed E-state index contributed by atoms with van der Waals surface area (Å²) in [5, 5.41) is 0. The van der Waals surface area contributed by atoms with E-state index < -0.39 is 0 Å². The number of rotatable bonds is 2. The summed E-state index contributed by atoms with van der Waals surface area (Å²) in [6, 6.07) is 9.47. The number of benzene rings is 1. The van der Waals surface area contributed by atoms with E-state index in [2.05, 4.69) is 15.9 Å². The van der Waals surface area contributed by atoms with Gasteiger partial charge in [-0.05, 0) is 68.9 Å². The van der Waals surface area contributed by atoms with Crippen molar-refractivity contribution in [3.05, 3.63) is 48.7 Å². The van der Waals surface area contributed by atoms with Gasteiger partial charge in [-0.15, -0.1) is 0 Å². The van der Waals surface area contributed by atoms with Gasteiger partial charge in [-0.25, -0.2) is 0 Å². The molecule has 0 aliphatic rings. The van der Waals surface area contributed by atoms with Gasteiger partial charge >= 0.3 is 0 Å². The minimum atomic E-state index is 0.0100. The second kappa shape index (κ2) is 5.44. The van der Waals surface area contributed by atoms with Crippen molar-refractivity contribution in [1.82, 2.24) is 4.57 Å². The molecule has 0 unspecified atom stereocenters. The minimum Gasteiger partial charge on any atom is -0.497 e. The highest BCUT2D eigenvalue weighted by Crippen LogP contribution is 2.30. The van der Waals surface area contributed by atoms with E-state index in [1.165, 1.54) is 0 Å². The molecule has 5 heteroatoms. The van der Waals surface area contributed by atoms with Gasteiger partial charge in [0.15, 0.2) is 0 Å². The Kier molecular flexibility index (Phi) is 4.11. The molecule has 18 heavy (non-hydrogen) atoms. The summed E-state index contributed by atoms with van der Waals surface area (Å²) in [6.07, 6.45) is 0. The summed E-state index contributed by atoms with van der Waals surface area (Å²) >= 11 is 5.55. The van der Waals surface area contributed by atoms with E-state index in [-0.39, 0.29) is 5.56 Å². The van der Waals surface area contributed by atoms with Gasteiger partial charge in [-0.3, -0.25) is 4.79 Å². The Hall–Kier alpha value is -0.820. The first kappa shape index (κ1) is 13.6. The molecule has 0 amide bonds. The van der Waals surface area contributed by atoms with Crippen molar-refractivity contribution in [2.24, 2.45) is 7.05 Å². The number of aromatic nitrogens is 1. The van der Waals surface area contributed by atoms with Crippen LogP contribution in [0.2, 0.25) is 0 Å². The monoisotopic (exact) mass is 419 g/mol. The molecule has 0 atom stereocenters. The smallest absolute Gasteiger partial charge is 0.264 e. The zero-order valence-electron chi connectivity index (χ0n) is 9.91. The number of hydrogen-bond acceptors (Lipinski definition) is 2. The Morgan fingerprint density at radius 2 is 2.00 bits per heavy atom. The third-order valence-electron chi connectivity index (χ3n) is 2.71. The zero-order chi connectivity index (χ0) is 13.3. The van der Waals surface area contributed by atoms with Crippen LogP contribution in [0, 0.1) is 3.57 Å². The maximum absolute atomic E-state index is 11.9. The number of hydrogen-bond donors (Lipinski definition) is 0. The lowest BCUT2D eigenvalue weighted by Crippen LogP contribution is -2.20. The maximum Gasteiger partial charge on any atom is 0.264 e. The van der Waals surface area contributed by atoms with E-state index in [1.807, 2.05) is 52.9 Å². The standard InChI is InChI=1S/C13H11BrINO2/c1-16-12(6-5-11(15)13(16)17)9-4-3-8(18-2)7-10(9)14/h3-7H,1-2H3. The molecule has 0 saturated heterocycles. The van der Waals surface area contributed by atoms with Crippen LogP contribution in [-0.2, 0) is 7.05 Å². The predicted octanol–water partition coefficient (Wildman–Crippen LogP) is 3.43. The molecule has 0 bridgehead atoms. The number of nitrogens with zero attached hydrogens (tertiary/aromatic N) is 1. The van der Waals surface area contributed by atoms with Crippen molar-refractivity contribution in [2.45, 2.75) is 0 Å². The van der Waals surface area contributed by atoms with Crippen LogP contribution in [-0.4, -0.2) is 11.7 Å². The summed E-state index contributed by atoms with van der Waals surface area (Å²) < 4.78 is 8.42. The van der Waals surface area contributed by atoms with Gasteiger partial charge in [0.05, 0.1) is 16.4 Å². The highest BCUT2D eigenvalue weighted by Gasteiger charge is 2.09. The van der Waals surface area contributed by atoms with Crippen molar-refractivity contribution in [3.63, 3.8) is 0 Å². The molecule has 2 rings (SSSR count). The number of methoxy groups -OCH3 is 1. The molecule has 0 fully saturated rings. The lowest BCUT2D eigenvalue weighted by Gasteiger charge is -2.11. The van der Waals surface area contributed by atoms with Gasteiger partial charge in [0, 0.05) is 17.1 Å². The molecule has 0 spiro atoms. The van der Waals surface area contributed by atoms with Gasteiger partial charge in [0.1, 0.15) is 5.75 Å². The Morgan fingerprint density at radius 1 is 1.28 bits per heavy atom. The first-order valence-electron chi connectivity index (χ1n) is 5.24. The van der Waals surface area contributed by atoms with Gasteiger partial charge in [0.25, 0.3) is 5.56 Å². The molecular formula is C13H11BrINO2. The average molecular weight is 420 g/mol. The summed E-state index contributed by atoms with van der Waals surface area (Å²) in [4.78, 5) is 11.9. The Morgan fingerprint density at radius 3 is 2.61 bits per heavy atom. The van der Waals surface area contributed by atoms with Crippen molar-refractivity contribution in [3.8, 4) is 17.0 Å². The second-order valence-electron chi connectivity index (χ2n) is 3.78. The van der Waals surface area contributed by atoms with Crippen molar-refractivity contribution in [2.75, 3.05) is 7.11 Å². The molecule has 1 heterocycles. The Balaban J connectivity index is 2.63. The van der Waals surface area contributed by atoms with E-state index in [0.29, 0.717) is 3.57 Å². The molecular weight excluding hydrogens is 409 g/mol. The van der Waals surface area contributed by atoms with Crippen molar-refractivity contribution >= 4 is 38.5 Å². The van der Waals surface area contributed by atoms with Gasteiger partial charge in [-0.1, -0.05) is 0 Å². The van der Waals surface area contributed by atoms with Crippen LogP contribution in [0.4, 0.5) is 0 Å². The topological polar surface area (TPSA) is 31.2 Å². The normalized spacial score (nSPS) is 10.4. The molecule has 3 nitrogen and oxygen atoms in total. The summed E-state index contributed by atoms with van der Waals surface area (Å²) in [7, 11) is 3.40. The predicted molar refractivity (Wildman–Crippen MR) is 84.1 cm³/mol. The molecule has 1 aromatic carbocycles. The number of halogens is 2. The summed E-state index contributed by atoms with van der Waals surface area (Å²) in [6.45, 7) is 0. The Bertz CT molecular complexity index is 652. The van der Waals surface area contributed by atoms with Crippen LogP contribution >= 0.6 is 38.5 Å². The molecule has 1 aromatic heterocycles. The molecule has 0 N–H and O–H groups in total. The van der Waals surface area contributed by atoms with Crippen molar-refractivity contribution in [1.29, 1.82) is 0 Å². The lowest BCUT2D eigenvalue weighted by atomic mass is 10.1.